The van der Waals surface area contributed by atoms with E-state index in [1.807, 2.05) is 0 Å². The van der Waals surface area contributed by atoms with Crippen LogP contribution >= 0.6 is 11.3 Å². The van der Waals surface area contributed by atoms with Gasteiger partial charge in [-0.3, -0.25) is 14.1 Å². The van der Waals surface area contributed by atoms with Crippen molar-refractivity contribution in [2.75, 3.05) is 12.3 Å². The Morgan fingerprint density at radius 2 is 2.19 bits per heavy atom. The number of β-lactam (4-membered cyclic amide) rings is 1. The molecule has 1 aromatic rings. The Bertz CT molecular complexity index is 879. The number of aromatic nitrogens is 1. The van der Waals surface area contributed by atoms with E-state index in [-0.39, 0.29) is 15.1 Å². The number of aliphatic carboxylic acids is 1. The number of amides is 2. The van der Waals surface area contributed by atoms with Crippen LogP contribution in [0.4, 0.5) is 5.13 Å². The fourth-order valence-electron chi connectivity index (χ4n) is 2.07. The van der Waals surface area contributed by atoms with Gasteiger partial charge in [-0.2, -0.15) is 8.42 Å². The predicted molar refractivity (Wildman–Crippen MR) is 86.4 cm³/mol. The molecule has 0 spiro atoms. The molecule has 15 heteroatoms. The Morgan fingerprint density at radius 1 is 1.54 bits per heavy atom. The first kappa shape index (κ1) is 19.5. The first-order chi connectivity index (χ1) is 12.0. The van der Waals surface area contributed by atoms with Gasteiger partial charge in [-0.15, -0.1) is 11.3 Å². The van der Waals surface area contributed by atoms with Gasteiger partial charge in [0.05, 0.1) is 6.04 Å². The van der Waals surface area contributed by atoms with E-state index < -0.39 is 52.5 Å². The zero-order chi connectivity index (χ0) is 19.6. The summed E-state index contributed by atoms with van der Waals surface area (Å²) >= 11 is 0.980. The Balaban J connectivity index is 2.17. The third-order valence-electron chi connectivity index (χ3n) is 3.19. The van der Waals surface area contributed by atoms with Crippen LogP contribution in [0.3, 0.4) is 0 Å². The number of nitrogens with one attached hydrogen (secondary N) is 1. The van der Waals surface area contributed by atoms with E-state index in [9.17, 15) is 22.8 Å². The zero-order valence-corrected chi connectivity index (χ0v) is 14.7. The normalized spacial score (nSPS) is 20.5. The third-order valence-corrected chi connectivity index (χ3v) is 4.88. The highest BCUT2D eigenvalue weighted by Gasteiger charge is 2.51. The molecule has 0 aliphatic carbocycles. The lowest BCUT2D eigenvalue weighted by atomic mass is 10.0. The number of hydrogen-bond acceptors (Lipinski definition) is 10. The maximum atomic E-state index is 12.4. The van der Waals surface area contributed by atoms with Gasteiger partial charge in [-0.1, -0.05) is 5.16 Å². The Morgan fingerprint density at radius 3 is 2.65 bits per heavy atom. The van der Waals surface area contributed by atoms with Crippen LogP contribution in [0, 0.1) is 0 Å². The molecule has 0 aromatic carbocycles. The van der Waals surface area contributed by atoms with Crippen LogP contribution in [0.1, 0.15) is 12.6 Å². The van der Waals surface area contributed by atoms with Gasteiger partial charge in [0.15, 0.2) is 10.8 Å². The number of rotatable bonds is 7. The van der Waals surface area contributed by atoms with Crippen LogP contribution < -0.4 is 11.1 Å². The van der Waals surface area contributed by atoms with Gasteiger partial charge in [0, 0.05) is 5.38 Å². The van der Waals surface area contributed by atoms with Crippen LogP contribution in [0.15, 0.2) is 10.5 Å². The van der Waals surface area contributed by atoms with Crippen molar-refractivity contribution in [1.82, 2.24) is 14.6 Å². The molecule has 1 fully saturated rings. The van der Waals surface area contributed by atoms with E-state index in [1.54, 1.807) is 0 Å². The molecular formula is C11H13N5O8S2. The number of carbonyl (C=O) groups is 3. The molecule has 0 saturated carbocycles. The Hall–Kier alpha value is -2.78. The monoisotopic (exact) mass is 407 g/mol. The van der Waals surface area contributed by atoms with Crippen molar-refractivity contribution < 1.29 is 37.3 Å². The van der Waals surface area contributed by atoms with Gasteiger partial charge in [-0.25, -0.2) is 14.1 Å². The molecule has 13 nitrogen and oxygen atoms in total. The summed E-state index contributed by atoms with van der Waals surface area (Å²) in [6.07, 6.45) is 0. The van der Waals surface area contributed by atoms with Crippen molar-refractivity contribution in [2.45, 2.75) is 19.0 Å². The summed E-state index contributed by atoms with van der Waals surface area (Å²) in [4.78, 5) is 43.0. The van der Waals surface area contributed by atoms with Crippen molar-refractivity contribution in [3.05, 3.63) is 11.1 Å². The maximum absolute atomic E-state index is 12.4. The molecule has 2 rings (SSSR count). The number of nitrogen functional groups attached to an aromatic ring is 1. The van der Waals surface area contributed by atoms with Gasteiger partial charge >= 0.3 is 16.3 Å². The smallest absolute Gasteiger partial charge is 0.362 e. The molecule has 26 heavy (non-hydrogen) atoms. The van der Waals surface area contributed by atoms with Gasteiger partial charge in [0.1, 0.15) is 11.7 Å². The van der Waals surface area contributed by atoms with E-state index in [1.165, 1.54) is 12.3 Å². The lowest BCUT2D eigenvalue weighted by Gasteiger charge is -2.42. The number of carboxylic acid groups (broad SMARTS) is 1. The standard InChI is InChI=1S/C11H13N5O8S2/c1-4-7(10(20)16(4)26(21,22)23)14-9(19)8(15-24-2-6(17)18)5-3-25-11(12)13-5/h3-4,7H,2H2,1H3,(H2,12,13)(H,14,19)(H,17,18)(H,21,22,23)/t4-,7+/m1/s1. The highest BCUT2D eigenvalue weighted by atomic mass is 32.2. The van der Waals surface area contributed by atoms with E-state index in [0.29, 0.717) is 0 Å². The molecular weight excluding hydrogens is 394 g/mol. The van der Waals surface area contributed by atoms with E-state index in [4.69, 9.17) is 15.4 Å². The molecule has 1 saturated heterocycles. The Labute approximate surface area is 150 Å². The molecule has 0 radical (unpaired) electrons. The van der Waals surface area contributed by atoms with E-state index in [2.05, 4.69) is 20.3 Å². The second kappa shape index (κ2) is 7.22. The highest BCUT2D eigenvalue weighted by Crippen LogP contribution is 2.23. The fraction of sp³-hybridized carbons (Fsp3) is 0.364. The van der Waals surface area contributed by atoms with E-state index >= 15 is 0 Å². The topological polar surface area (TPSA) is 202 Å². The summed E-state index contributed by atoms with van der Waals surface area (Å²) in [6.45, 7) is 0.463. The quantitative estimate of drug-likeness (QED) is 0.170. The molecule has 2 heterocycles. The number of carboxylic acids is 1. The second-order valence-electron chi connectivity index (χ2n) is 4.98. The summed E-state index contributed by atoms with van der Waals surface area (Å²) in [7, 11) is -4.74. The molecule has 1 aromatic heterocycles. The van der Waals surface area contributed by atoms with Gasteiger partial charge in [0.25, 0.3) is 11.8 Å². The minimum Gasteiger partial charge on any atom is -0.479 e. The van der Waals surface area contributed by atoms with Gasteiger partial charge in [-0.05, 0) is 6.92 Å². The number of nitrogens with two attached hydrogens (primary N) is 1. The number of nitrogens with zero attached hydrogens (tertiary/aromatic N) is 3. The lowest BCUT2D eigenvalue weighted by Crippen LogP contribution is -2.71. The number of oxime groups is 1. The van der Waals surface area contributed by atoms with Crippen molar-refractivity contribution in [3.8, 4) is 0 Å². The minimum atomic E-state index is -4.74. The third kappa shape index (κ3) is 4.06. The molecule has 5 N–H and O–H groups in total. The van der Waals surface area contributed by atoms with Crippen LogP contribution in [-0.2, 0) is 29.5 Å². The molecule has 142 valence electrons. The summed E-state index contributed by atoms with van der Waals surface area (Å²) < 4.78 is 31.2. The summed E-state index contributed by atoms with van der Waals surface area (Å²) in [6, 6.07) is -2.28. The summed E-state index contributed by atoms with van der Waals surface area (Å²) in [5.41, 5.74) is 4.99. The molecule has 0 bridgehead atoms. The molecule has 0 unspecified atom stereocenters. The first-order valence-electron chi connectivity index (χ1n) is 6.77. The van der Waals surface area contributed by atoms with Crippen LogP contribution in [0.25, 0.3) is 0 Å². The van der Waals surface area contributed by atoms with Crippen molar-refractivity contribution in [1.29, 1.82) is 0 Å². The lowest BCUT2D eigenvalue weighted by molar-refractivity contribution is -0.143. The average Bonchev–Trinajstić information content (AvgIpc) is 2.93. The molecule has 1 aliphatic rings. The molecule has 1 aliphatic heterocycles. The minimum absolute atomic E-state index is 0.0264. The first-order valence-corrected chi connectivity index (χ1v) is 9.04. The predicted octanol–water partition coefficient (Wildman–Crippen LogP) is -1.95. The van der Waals surface area contributed by atoms with Crippen LogP contribution in [0.5, 0.6) is 0 Å². The zero-order valence-electron chi connectivity index (χ0n) is 13.0. The maximum Gasteiger partial charge on any atom is 0.362 e. The SMILES string of the molecule is C[C@@H]1[C@H](NC(=O)C(=NOCC(=O)O)c2csc(N)n2)C(=O)N1S(=O)(=O)O. The highest BCUT2D eigenvalue weighted by molar-refractivity contribution is 7.84. The summed E-state index contributed by atoms with van der Waals surface area (Å²) in [5, 5.41) is 15.6. The molecule has 2 amide bonds. The molecule has 2 atom stereocenters. The van der Waals surface area contributed by atoms with Crippen molar-refractivity contribution in [2.24, 2.45) is 5.16 Å². The largest absolute Gasteiger partial charge is 0.479 e. The van der Waals surface area contributed by atoms with Crippen molar-refractivity contribution >= 4 is 50.3 Å². The number of anilines is 1. The van der Waals surface area contributed by atoms with Gasteiger partial charge in [0.2, 0.25) is 6.61 Å². The number of thiazole rings is 1. The average molecular weight is 407 g/mol. The van der Waals surface area contributed by atoms with E-state index in [0.717, 1.165) is 11.3 Å². The Kier molecular flexibility index (Phi) is 5.43. The van der Waals surface area contributed by atoms with Crippen LogP contribution in [-0.4, -0.2) is 69.6 Å². The number of carbonyl (C=O) groups excluding carboxylic acids is 2. The van der Waals surface area contributed by atoms with Crippen LogP contribution in [0.2, 0.25) is 0 Å². The second-order valence-corrected chi connectivity index (χ2v) is 7.16. The summed E-state index contributed by atoms with van der Waals surface area (Å²) in [5.74, 6) is -3.35. The fourth-order valence-corrected chi connectivity index (χ4v) is 3.50. The van der Waals surface area contributed by atoms with Crippen molar-refractivity contribution in [3.63, 3.8) is 0 Å². The van der Waals surface area contributed by atoms with Gasteiger partial charge < -0.3 is 21.0 Å². The number of hydrogen-bond donors (Lipinski definition) is 4.